The molecule has 3 rings (SSSR count). The number of halogens is 1. The molecule has 0 radical (unpaired) electrons. The number of nitrogens with zero attached hydrogens (tertiary/aromatic N) is 2. The van der Waals surface area contributed by atoms with Crippen LogP contribution in [-0.2, 0) is 12.3 Å². The van der Waals surface area contributed by atoms with Gasteiger partial charge in [0, 0.05) is 12.3 Å². The molecule has 3 nitrogen and oxygen atoms in total. The highest BCUT2D eigenvalue weighted by Gasteiger charge is 2.12. The smallest absolute Gasteiger partial charge is 0.272 e. The van der Waals surface area contributed by atoms with Crippen LogP contribution in [0, 0.1) is 5.82 Å². The van der Waals surface area contributed by atoms with E-state index in [2.05, 4.69) is 4.98 Å². The van der Waals surface area contributed by atoms with E-state index in [4.69, 9.17) is 0 Å². The van der Waals surface area contributed by atoms with E-state index < -0.39 is 0 Å². The molecule has 0 spiro atoms. The normalized spacial score (nSPS) is 11.1. The molecule has 2 aromatic heterocycles. The van der Waals surface area contributed by atoms with Gasteiger partial charge in [0.05, 0.1) is 5.52 Å². The minimum atomic E-state index is -0.230. The van der Waals surface area contributed by atoms with Crippen LogP contribution in [0.1, 0.15) is 12.5 Å². The van der Waals surface area contributed by atoms with Crippen LogP contribution < -0.4 is 5.56 Å². The molecule has 21 heavy (non-hydrogen) atoms. The first-order valence-electron chi connectivity index (χ1n) is 6.55. The minimum Gasteiger partial charge on any atom is -0.287 e. The lowest BCUT2D eigenvalue weighted by Crippen LogP contribution is -2.21. The monoisotopic (exact) mass is 320 g/mol. The average Bonchev–Trinajstić information content (AvgIpc) is 2.95. The SMILES string of the molecule is CCn1c(SCc2ccccc2F)nc2ccsc2c1=O. The summed E-state index contributed by atoms with van der Waals surface area (Å²) in [7, 11) is 0. The van der Waals surface area contributed by atoms with Crippen LogP contribution >= 0.6 is 23.1 Å². The maximum atomic E-state index is 13.7. The molecule has 2 heterocycles. The quantitative estimate of drug-likeness (QED) is 0.540. The van der Waals surface area contributed by atoms with E-state index in [9.17, 15) is 9.18 Å². The van der Waals surface area contributed by atoms with Crippen molar-refractivity contribution in [2.45, 2.75) is 24.4 Å². The van der Waals surface area contributed by atoms with Crippen molar-refractivity contribution < 1.29 is 4.39 Å². The largest absolute Gasteiger partial charge is 0.287 e. The fraction of sp³-hybridized carbons (Fsp3) is 0.200. The highest BCUT2D eigenvalue weighted by Crippen LogP contribution is 2.24. The number of thiophene rings is 1. The average molecular weight is 320 g/mol. The lowest BCUT2D eigenvalue weighted by molar-refractivity contribution is 0.616. The predicted octanol–water partition coefficient (Wildman–Crippen LogP) is 3.91. The van der Waals surface area contributed by atoms with E-state index in [0.29, 0.717) is 33.2 Å². The molecule has 108 valence electrons. The maximum absolute atomic E-state index is 13.7. The fourth-order valence-corrected chi connectivity index (χ4v) is 3.90. The van der Waals surface area contributed by atoms with Gasteiger partial charge >= 0.3 is 0 Å². The molecular weight excluding hydrogens is 307 g/mol. The van der Waals surface area contributed by atoms with Crippen molar-refractivity contribution in [1.29, 1.82) is 0 Å². The van der Waals surface area contributed by atoms with E-state index in [1.807, 2.05) is 18.4 Å². The Labute approximate surface area is 129 Å². The summed E-state index contributed by atoms with van der Waals surface area (Å²) in [6.07, 6.45) is 0. The molecule has 0 saturated heterocycles. The Kier molecular flexibility index (Phi) is 4.07. The van der Waals surface area contributed by atoms with Crippen molar-refractivity contribution in [1.82, 2.24) is 9.55 Å². The summed E-state index contributed by atoms with van der Waals surface area (Å²) in [4.78, 5) is 16.9. The van der Waals surface area contributed by atoms with Crippen LogP contribution in [0.3, 0.4) is 0 Å². The van der Waals surface area contributed by atoms with Crippen LogP contribution in [0.15, 0.2) is 45.7 Å². The lowest BCUT2D eigenvalue weighted by Gasteiger charge is -2.09. The Morgan fingerprint density at radius 1 is 1.33 bits per heavy atom. The molecule has 0 saturated carbocycles. The minimum absolute atomic E-state index is 0.0199. The van der Waals surface area contributed by atoms with Crippen LogP contribution in [0.5, 0.6) is 0 Å². The van der Waals surface area contributed by atoms with Crippen LogP contribution in [0.25, 0.3) is 10.2 Å². The third-order valence-corrected chi connectivity index (χ3v) is 5.08. The van der Waals surface area contributed by atoms with Gasteiger partial charge in [0.2, 0.25) is 0 Å². The van der Waals surface area contributed by atoms with Gasteiger partial charge in [0.15, 0.2) is 5.16 Å². The van der Waals surface area contributed by atoms with Gasteiger partial charge in [-0.25, -0.2) is 9.37 Å². The maximum Gasteiger partial charge on any atom is 0.272 e. The van der Waals surface area contributed by atoms with Crippen molar-refractivity contribution in [3.8, 4) is 0 Å². The summed E-state index contributed by atoms with van der Waals surface area (Å²) in [6, 6.07) is 8.51. The van der Waals surface area contributed by atoms with Gasteiger partial charge in [-0.15, -0.1) is 11.3 Å². The zero-order valence-electron chi connectivity index (χ0n) is 11.4. The van der Waals surface area contributed by atoms with E-state index in [-0.39, 0.29) is 11.4 Å². The third kappa shape index (κ3) is 2.73. The van der Waals surface area contributed by atoms with Crippen molar-refractivity contribution in [3.05, 3.63) is 57.4 Å². The van der Waals surface area contributed by atoms with Crippen molar-refractivity contribution >= 4 is 33.3 Å². The van der Waals surface area contributed by atoms with Gasteiger partial charge in [0.1, 0.15) is 10.5 Å². The molecule has 0 aliphatic heterocycles. The molecule has 6 heteroatoms. The van der Waals surface area contributed by atoms with Crippen molar-refractivity contribution in [2.75, 3.05) is 0 Å². The van der Waals surface area contributed by atoms with Crippen LogP contribution in [0.4, 0.5) is 4.39 Å². The molecular formula is C15H13FN2OS2. The molecule has 0 fully saturated rings. The van der Waals surface area contributed by atoms with Crippen molar-refractivity contribution in [2.24, 2.45) is 0 Å². The second-order valence-corrected chi connectivity index (χ2v) is 6.32. The molecule has 0 bridgehead atoms. The van der Waals surface area contributed by atoms with Gasteiger partial charge in [-0.1, -0.05) is 30.0 Å². The lowest BCUT2D eigenvalue weighted by atomic mass is 10.2. The van der Waals surface area contributed by atoms with E-state index >= 15 is 0 Å². The van der Waals surface area contributed by atoms with E-state index in [1.165, 1.54) is 29.2 Å². The first-order valence-corrected chi connectivity index (χ1v) is 8.41. The Morgan fingerprint density at radius 3 is 2.90 bits per heavy atom. The second kappa shape index (κ2) is 5.99. The van der Waals surface area contributed by atoms with Gasteiger partial charge in [-0.05, 0) is 30.0 Å². The molecule has 0 atom stereocenters. The van der Waals surface area contributed by atoms with E-state index in [0.717, 1.165) is 0 Å². The highest BCUT2D eigenvalue weighted by molar-refractivity contribution is 7.98. The molecule has 0 amide bonds. The Morgan fingerprint density at radius 2 is 2.14 bits per heavy atom. The molecule has 1 aromatic carbocycles. The van der Waals surface area contributed by atoms with E-state index in [1.54, 1.807) is 22.8 Å². The van der Waals surface area contributed by atoms with Gasteiger partial charge in [-0.2, -0.15) is 0 Å². The first-order chi connectivity index (χ1) is 10.2. The molecule has 0 aliphatic rings. The van der Waals surface area contributed by atoms with Crippen molar-refractivity contribution in [3.63, 3.8) is 0 Å². The predicted molar refractivity (Wildman–Crippen MR) is 85.5 cm³/mol. The summed E-state index contributed by atoms with van der Waals surface area (Å²) < 4.78 is 16.0. The van der Waals surface area contributed by atoms with Crippen LogP contribution in [0.2, 0.25) is 0 Å². The molecule has 0 N–H and O–H groups in total. The number of thioether (sulfide) groups is 1. The number of hydrogen-bond acceptors (Lipinski definition) is 4. The van der Waals surface area contributed by atoms with Gasteiger partial charge < -0.3 is 0 Å². The molecule has 0 aliphatic carbocycles. The van der Waals surface area contributed by atoms with Gasteiger partial charge in [0.25, 0.3) is 5.56 Å². The second-order valence-electron chi connectivity index (χ2n) is 4.46. The zero-order chi connectivity index (χ0) is 14.8. The summed E-state index contributed by atoms with van der Waals surface area (Å²) in [5.74, 6) is 0.224. The zero-order valence-corrected chi connectivity index (χ0v) is 13.0. The summed E-state index contributed by atoms with van der Waals surface area (Å²) in [6.45, 7) is 2.47. The standard InChI is InChI=1S/C15H13FN2OS2/c1-2-18-14(19)13-12(7-8-20-13)17-15(18)21-9-10-5-3-4-6-11(10)16/h3-8H,2,9H2,1H3. The summed E-state index contributed by atoms with van der Waals surface area (Å²) in [5, 5.41) is 2.50. The Hall–Kier alpha value is -1.66. The number of rotatable bonds is 4. The topological polar surface area (TPSA) is 34.9 Å². The third-order valence-electron chi connectivity index (χ3n) is 3.16. The summed E-state index contributed by atoms with van der Waals surface area (Å²) in [5.41, 5.74) is 1.31. The first kappa shape index (κ1) is 14.3. The number of benzene rings is 1. The van der Waals surface area contributed by atoms with Gasteiger partial charge in [-0.3, -0.25) is 9.36 Å². The number of hydrogen-bond donors (Lipinski definition) is 0. The molecule has 0 unspecified atom stereocenters. The number of fused-ring (bicyclic) bond motifs is 1. The Bertz CT molecular complexity index is 841. The molecule has 3 aromatic rings. The van der Waals surface area contributed by atoms with Crippen LogP contribution in [-0.4, -0.2) is 9.55 Å². The Balaban J connectivity index is 1.97. The summed E-state index contributed by atoms with van der Waals surface area (Å²) >= 11 is 2.79. The fourth-order valence-electron chi connectivity index (χ4n) is 2.07. The number of aromatic nitrogens is 2. The highest BCUT2D eigenvalue weighted by atomic mass is 32.2.